The van der Waals surface area contributed by atoms with Gasteiger partial charge in [-0.15, -0.1) is 0 Å². The number of benzene rings is 2. The van der Waals surface area contributed by atoms with Gasteiger partial charge in [-0.1, -0.05) is 46.9 Å². The smallest absolute Gasteiger partial charge is 0.271 e. The minimum Gasteiger partial charge on any atom is -0.497 e. The molecule has 1 unspecified atom stereocenters. The Morgan fingerprint density at radius 1 is 1.17 bits per heavy atom. The van der Waals surface area contributed by atoms with Gasteiger partial charge in [0, 0.05) is 23.4 Å². The highest BCUT2D eigenvalue weighted by Crippen LogP contribution is 2.29. The minimum absolute atomic E-state index is 0.0206. The number of carbonyl (C=O) groups is 1. The number of carbonyl (C=O) groups excluding carboxylic acids is 1. The molecule has 0 bridgehead atoms. The Hall–Kier alpha value is -2.33. The molecule has 0 saturated carbocycles. The van der Waals surface area contributed by atoms with E-state index in [0.29, 0.717) is 11.4 Å². The Kier molecular flexibility index (Phi) is 7.86. The summed E-state index contributed by atoms with van der Waals surface area (Å²) >= 11 is 23.0. The number of alkyl halides is 3. The maximum Gasteiger partial charge on any atom is 0.271 e. The molecule has 0 aliphatic rings. The fourth-order valence-corrected chi connectivity index (χ4v) is 2.74. The molecular formula is C17H15Cl3N4O4S. The predicted octanol–water partition coefficient (Wildman–Crippen LogP) is 4.02. The number of nitrogens with one attached hydrogen (secondary N) is 3. The summed E-state index contributed by atoms with van der Waals surface area (Å²) in [7, 11) is 1.47. The van der Waals surface area contributed by atoms with Gasteiger partial charge < -0.3 is 20.7 Å². The number of halogens is 3. The van der Waals surface area contributed by atoms with Crippen molar-refractivity contribution in [2.24, 2.45) is 0 Å². The third kappa shape index (κ3) is 6.90. The van der Waals surface area contributed by atoms with Gasteiger partial charge in [0.05, 0.1) is 12.0 Å². The van der Waals surface area contributed by atoms with Crippen LogP contribution in [-0.4, -0.2) is 33.0 Å². The van der Waals surface area contributed by atoms with Crippen molar-refractivity contribution in [2.45, 2.75) is 9.96 Å². The van der Waals surface area contributed by atoms with Gasteiger partial charge in [-0.2, -0.15) is 0 Å². The summed E-state index contributed by atoms with van der Waals surface area (Å²) in [5.74, 6) is -0.0511. The topological polar surface area (TPSA) is 106 Å². The van der Waals surface area contributed by atoms with Crippen molar-refractivity contribution < 1.29 is 14.5 Å². The van der Waals surface area contributed by atoms with E-state index in [1.165, 1.54) is 31.4 Å². The van der Waals surface area contributed by atoms with E-state index in [2.05, 4.69) is 16.0 Å². The first-order chi connectivity index (χ1) is 13.6. The Morgan fingerprint density at radius 3 is 2.48 bits per heavy atom. The van der Waals surface area contributed by atoms with Crippen molar-refractivity contribution in [3.8, 4) is 5.75 Å². The fraction of sp³-hybridized carbons (Fsp3) is 0.176. The molecule has 3 N–H and O–H groups in total. The number of hydrogen-bond acceptors (Lipinski definition) is 5. The van der Waals surface area contributed by atoms with Crippen molar-refractivity contribution >= 4 is 69.4 Å². The number of ether oxygens (including phenoxy) is 1. The summed E-state index contributed by atoms with van der Waals surface area (Å²) in [4.78, 5) is 22.8. The molecule has 2 aromatic carbocycles. The molecule has 12 heteroatoms. The molecule has 1 atom stereocenters. The van der Waals surface area contributed by atoms with Crippen molar-refractivity contribution in [3.63, 3.8) is 0 Å². The van der Waals surface area contributed by atoms with Crippen LogP contribution in [0.15, 0.2) is 48.5 Å². The van der Waals surface area contributed by atoms with Crippen molar-refractivity contribution in [1.29, 1.82) is 0 Å². The molecule has 1 amide bonds. The van der Waals surface area contributed by atoms with Gasteiger partial charge in [0.2, 0.25) is 3.79 Å². The molecule has 2 aromatic rings. The van der Waals surface area contributed by atoms with E-state index in [1.54, 1.807) is 24.3 Å². The molecule has 0 spiro atoms. The first-order valence-corrected chi connectivity index (χ1v) is 9.48. The van der Waals surface area contributed by atoms with Crippen molar-refractivity contribution in [1.82, 2.24) is 10.6 Å². The summed E-state index contributed by atoms with van der Waals surface area (Å²) in [5, 5.41) is 18.8. The quantitative estimate of drug-likeness (QED) is 0.190. The zero-order valence-electron chi connectivity index (χ0n) is 14.8. The Bertz CT molecular complexity index is 924. The predicted molar refractivity (Wildman–Crippen MR) is 117 cm³/mol. The van der Waals surface area contributed by atoms with Crippen LogP contribution in [0, 0.1) is 10.1 Å². The molecule has 0 aliphatic heterocycles. The zero-order valence-corrected chi connectivity index (χ0v) is 17.9. The number of thiocarbonyl (C=S) groups is 1. The number of nitrogens with zero attached hydrogens (tertiary/aromatic N) is 1. The highest BCUT2D eigenvalue weighted by atomic mass is 35.6. The first kappa shape index (κ1) is 23.0. The lowest BCUT2D eigenvalue weighted by Crippen LogP contribution is -2.56. The van der Waals surface area contributed by atoms with E-state index < -0.39 is 20.8 Å². The third-order valence-corrected chi connectivity index (χ3v) is 4.40. The van der Waals surface area contributed by atoms with Gasteiger partial charge in [-0.25, -0.2) is 0 Å². The number of non-ortho nitro benzene ring substituents is 1. The van der Waals surface area contributed by atoms with Crippen LogP contribution < -0.4 is 20.7 Å². The molecule has 0 saturated heterocycles. The second kappa shape index (κ2) is 9.93. The lowest BCUT2D eigenvalue weighted by molar-refractivity contribution is -0.384. The van der Waals surface area contributed by atoms with Crippen LogP contribution in [-0.2, 0) is 0 Å². The summed E-state index contributed by atoms with van der Waals surface area (Å²) in [5.41, 5.74) is 0.504. The highest BCUT2D eigenvalue weighted by molar-refractivity contribution is 7.80. The molecule has 2 rings (SSSR count). The van der Waals surface area contributed by atoms with Crippen molar-refractivity contribution in [2.75, 3.05) is 12.4 Å². The number of nitro benzene ring substituents is 1. The molecule has 154 valence electrons. The van der Waals surface area contributed by atoms with Gasteiger partial charge in [0.25, 0.3) is 11.6 Å². The number of nitro groups is 1. The maximum atomic E-state index is 12.5. The summed E-state index contributed by atoms with van der Waals surface area (Å²) in [6.45, 7) is 0. The lowest BCUT2D eigenvalue weighted by Gasteiger charge is -2.27. The van der Waals surface area contributed by atoms with Crippen LogP contribution >= 0.6 is 47.0 Å². The van der Waals surface area contributed by atoms with Gasteiger partial charge in [-0.05, 0) is 36.5 Å². The van der Waals surface area contributed by atoms with Crippen LogP contribution in [0.2, 0.25) is 0 Å². The van der Waals surface area contributed by atoms with Gasteiger partial charge >= 0.3 is 0 Å². The number of hydrogen-bond donors (Lipinski definition) is 3. The normalized spacial score (nSPS) is 11.9. The number of rotatable bonds is 6. The largest absolute Gasteiger partial charge is 0.497 e. The lowest BCUT2D eigenvalue weighted by atomic mass is 10.2. The van der Waals surface area contributed by atoms with Gasteiger partial charge in [-0.3, -0.25) is 14.9 Å². The molecule has 0 aromatic heterocycles. The number of methoxy groups -OCH3 is 1. The molecule has 0 fully saturated rings. The van der Waals surface area contributed by atoms with Crippen molar-refractivity contribution in [3.05, 3.63) is 64.2 Å². The maximum absolute atomic E-state index is 12.5. The second-order valence-corrected chi connectivity index (χ2v) is 8.36. The van der Waals surface area contributed by atoms with Crippen LogP contribution in [0.1, 0.15) is 10.4 Å². The monoisotopic (exact) mass is 476 g/mol. The van der Waals surface area contributed by atoms with E-state index in [4.69, 9.17) is 51.8 Å². The molecule has 0 radical (unpaired) electrons. The van der Waals surface area contributed by atoms with Crippen LogP contribution in [0.5, 0.6) is 5.75 Å². The molecule has 0 aliphatic carbocycles. The average Bonchev–Trinajstić information content (AvgIpc) is 2.66. The highest BCUT2D eigenvalue weighted by Gasteiger charge is 2.35. The van der Waals surface area contributed by atoms with E-state index >= 15 is 0 Å². The number of anilines is 1. The SMILES string of the molecule is COc1cccc(C(=O)NC(NC(=S)Nc2cccc([N+](=O)[O-])c2)C(Cl)(Cl)Cl)c1. The molecule has 0 heterocycles. The Morgan fingerprint density at radius 2 is 1.86 bits per heavy atom. The standard InChI is InChI=1S/C17H15Cl3N4O4S/c1-28-13-7-2-4-10(8-13)14(25)22-15(17(18,19)20)23-16(29)21-11-5-3-6-12(9-11)24(26)27/h2-9,15H,1H3,(H,22,25)(H2,21,23,29). The van der Waals surface area contributed by atoms with Crippen LogP contribution in [0.4, 0.5) is 11.4 Å². The molecule has 29 heavy (non-hydrogen) atoms. The van der Waals surface area contributed by atoms with E-state index in [0.717, 1.165) is 0 Å². The summed E-state index contributed by atoms with van der Waals surface area (Å²) in [6, 6.07) is 12.1. The zero-order chi connectivity index (χ0) is 21.6. The van der Waals surface area contributed by atoms with Gasteiger partial charge in [0.15, 0.2) is 5.11 Å². The molecule has 8 nitrogen and oxygen atoms in total. The van der Waals surface area contributed by atoms with E-state index in [1.807, 2.05) is 0 Å². The minimum atomic E-state index is -1.96. The third-order valence-electron chi connectivity index (χ3n) is 3.52. The number of amides is 1. The first-order valence-electron chi connectivity index (χ1n) is 7.94. The van der Waals surface area contributed by atoms with E-state index in [9.17, 15) is 14.9 Å². The fourth-order valence-electron chi connectivity index (χ4n) is 2.17. The Balaban J connectivity index is 2.10. The van der Waals surface area contributed by atoms with E-state index in [-0.39, 0.29) is 16.4 Å². The summed E-state index contributed by atoms with van der Waals surface area (Å²) in [6.07, 6.45) is -1.20. The van der Waals surface area contributed by atoms with Gasteiger partial charge in [0.1, 0.15) is 11.9 Å². The Labute approximate surface area is 186 Å². The average molecular weight is 478 g/mol. The summed E-state index contributed by atoms with van der Waals surface area (Å²) < 4.78 is 3.13. The van der Waals surface area contributed by atoms with Crippen LogP contribution in [0.3, 0.4) is 0 Å². The van der Waals surface area contributed by atoms with Crippen LogP contribution in [0.25, 0.3) is 0 Å². The molecular weight excluding hydrogens is 463 g/mol. The second-order valence-electron chi connectivity index (χ2n) is 5.59.